The molecule has 0 heterocycles. The third kappa shape index (κ3) is 9.47. The summed E-state index contributed by atoms with van der Waals surface area (Å²) in [5, 5.41) is 0. The maximum atomic E-state index is 10.7. The molecule has 0 bridgehead atoms. The van der Waals surface area contributed by atoms with Crippen molar-refractivity contribution in [1.82, 2.24) is 0 Å². The van der Waals surface area contributed by atoms with E-state index in [2.05, 4.69) is 4.74 Å². The smallest absolute Gasteiger partial charge is 0.435 e. The second kappa shape index (κ2) is 9.65. The van der Waals surface area contributed by atoms with E-state index in [1.807, 2.05) is 0 Å². The Morgan fingerprint density at radius 1 is 1.15 bits per heavy atom. The van der Waals surface area contributed by atoms with Crippen molar-refractivity contribution in [1.29, 1.82) is 0 Å². The van der Waals surface area contributed by atoms with Crippen LogP contribution in [0.2, 0.25) is 0 Å². The van der Waals surface area contributed by atoms with Crippen LogP contribution in [0.3, 0.4) is 0 Å². The van der Waals surface area contributed by atoms with E-state index in [1.165, 1.54) is 0 Å². The maximum Gasteiger partial charge on any atom is 0.508 e. The first-order valence-electron chi connectivity index (χ1n) is 4.66. The van der Waals surface area contributed by atoms with Crippen LogP contribution in [0.4, 0.5) is 4.79 Å². The molecule has 4 heteroatoms. The van der Waals surface area contributed by atoms with Crippen molar-refractivity contribution in [2.75, 3.05) is 19.1 Å². The van der Waals surface area contributed by atoms with Crippen molar-refractivity contribution in [3.05, 3.63) is 0 Å². The molecule has 0 spiro atoms. The highest BCUT2D eigenvalue weighted by Gasteiger charge is 2.00. The van der Waals surface area contributed by atoms with E-state index in [0.29, 0.717) is 19.1 Å². The molecule has 0 N–H and O–H groups in total. The maximum absolute atomic E-state index is 10.7. The molecular weight excluding hydrogens is 192 g/mol. The van der Waals surface area contributed by atoms with Gasteiger partial charge in [0.05, 0.1) is 13.2 Å². The summed E-state index contributed by atoms with van der Waals surface area (Å²) >= 11 is 5.50. The van der Waals surface area contributed by atoms with Gasteiger partial charge in [0.1, 0.15) is 0 Å². The van der Waals surface area contributed by atoms with Crippen molar-refractivity contribution >= 4 is 17.8 Å². The average Bonchev–Trinajstić information content (AvgIpc) is 2.11. The number of rotatable bonds is 7. The quantitative estimate of drug-likeness (QED) is 0.367. The second-order valence-corrected chi connectivity index (χ2v) is 3.01. The minimum atomic E-state index is -0.570. The number of halogens is 1. The van der Waals surface area contributed by atoms with Crippen molar-refractivity contribution in [2.45, 2.75) is 32.6 Å². The number of alkyl halides is 1. The largest absolute Gasteiger partial charge is 0.508 e. The minimum absolute atomic E-state index is 0.366. The molecule has 3 nitrogen and oxygen atoms in total. The molecule has 0 aromatic rings. The fourth-order valence-corrected chi connectivity index (χ4v) is 1.05. The molecule has 0 fully saturated rings. The summed E-state index contributed by atoms with van der Waals surface area (Å²) in [6.45, 7) is 2.56. The standard InChI is InChI=1S/C9H17ClO3/c1-2-12-9(11)13-8-6-4-3-5-7-10/h2-8H2,1H3. The summed E-state index contributed by atoms with van der Waals surface area (Å²) in [5.41, 5.74) is 0. The van der Waals surface area contributed by atoms with Gasteiger partial charge in [-0.2, -0.15) is 0 Å². The van der Waals surface area contributed by atoms with E-state index in [1.54, 1.807) is 6.92 Å². The molecule has 0 unspecified atom stereocenters. The molecule has 78 valence electrons. The van der Waals surface area contributed by atoms with Gasteiger partial charge in [-0.1, -0.05) is 12.8 Å². The van der Waals surface area contributed by atoms with E-state index in [-0.39, 0.29) is 0 Å². The van der Waals surface area contributed by atoms with Crippen LogP contribution in [0.1, 0.15) is 32.6 Å². The van der Waals surface area contributed by atoms with Crippen LogP contribution in [-0.2, 0) is 9.47 Å². The van der Waals surface area contributed by atoms with E-state index >= 15 is 0 Å². The van der Waals surface area contributed by atoms with Gasteiger partial charge in [0.15, 0.2) is 0 Å². The number of hydrogen-bond acceptors (Lipinski definition) is 3. The Morgan fingerprint density at radius 2 is 1.85 bits per heavy atom. The number of unbranched alkanes of at least 4 members (excludes halogenated alkanes) is 3. The van der Waals surface area contributed by atoms with Gasteiger partial charge in [0, 0.05) is 5.88 Å². The molecule has 0 aliphatic carbocycles. The predicted octanol–water partition coefficient (Wildman–Crippen LogP) is 2.96. The SMILES string of the molecule is CCOC(=O)OCCCCCCCl. The number of ether oxygens (including phenoxy) is 2. The summed E-state index contributed by atoms with van der Waals surface area (Å²) in [6, 6.07) is 0. The zero-order valence-electron chi connectivity index (χ0n) is 8.05. The van der Waals surface area contributed by atoms with Crippen molar-refractivity contribution in [3.63, 3.8) is 0 Å². The summed E-state index contributed by atoms with van der Waals surface area (Å²) in [6.07, 6.45) is 3.48. The number of hydrogen-bond donors (Lipinski definition) is 0. The normalized spacial score (nSPS) is 9.69. The molecule has 0 aliphatic rings. The van der Waals surface area contributed by atoms with Gasteiger partial charge in [0.2, 0.25) is 0 Å². The Kier molecular flexibility index (Phi) is 9.32. The van der Waals surface area contributed by atoms with Crippen LogP contribution in [0, 0.1) is 0 Å². The molecule has 0 saturated heterocycles. The lowest BCUT2D eigenvalue weighted by molar-refractivity contribution is 0.0578. The van der Waals surface area contributed by atoms with Crippen LogP contribution in [0.5, 0.6) is 0 Å². The molecule has 0 amide bonds. The fraction of sp³-hybridized carbons (Fsp3) is 0.889. The Morgan fingerprint density at radius 3 is 2.46 bits per heavy atom. The van der Waals surface area contributed by atoms with Crippen LogP contribution < -0.4 is 0 Å². The average molecular weight is 209 g/mol. The Bertz CT molecular complexity index is 128. The van der Waals surface area contributed by atoms with Gasteiger partial charge in [0.25, 0.3) is 0 Å². The molecule has 0 aliphatic heterocycles. The Labute approximate surface area is 84.4 Å². The molecular formula is C9H17ClO3. The van der Waals surface area contributed by atoms with E-state index in [9.17, 15) is 4.79 Å². The van der Waals surface area contributed by atoms with Crippen molar-refractivity contribution in [2.24, 2.45) is 0 Å². The lowest BCUT2D eigenvalue weighted by atomic mass is 10.2. The summed E-state index contributed by atoms with van der Waals surface area (Å²) in [7, 11) is 0. The Hall–Kier alpha value is -0.440. The first-order chi connectivity index (χ1) is 6.31. The first-order valence-corrected chi connectivity index (χ1v) is 5.20. The lowest BCUT2D eigenvalue weighted by Gasteiger charge is -2.03. The minimum Gasteiger partial charge on any atom is -0.435 e. The van der Waals surface area contributed by atoms with Crippen LogP contribution in [-0.4, -0.2) is 25.2 Å². The second-order valence-electron chi connectivity index (χ2n) is 2.63. The summed E-state index contributed by atoms with van der Waals surface area (Å²) in [4.78, 5) is 10.7. The first kappa shape index (κ1) is 12.6. The van der Waals surface area contributed by atoms with Crippen molar-refractivity contribution < 1.29 is 14.3 Å². The van der Waals surface area contributed by atoms with Gasteiger partial charge in [-0.05, 0) is 19.8 Å². The topological polar surface area (TPSA) is 35.5 Å². The molecule has 0 saturated carbocycles. The molecule has 0 rings (SSSR count). The number of carbonyl (C=O) groups excluding carboxylic acids is 1. The lowest BCUT2D eigenvalue weighted by Crippen LogP contribution is -2.07. The van der Waals surface area contributed by atoms with E-state index in [0.717, 1.165) is 25.7 Å². The molecule has 0 aromatic heterocycles. The molecule has 0 aromatic carbocycles. The summed E-state index contributed by atoms with van der Waals surface area (Å²) < 4.78 is 9.36. The monoisotopic (exact) mass is 208 g/mol. The third-order valence-corrected chi connectivity index (χ3v) is 1.78. The van der Waals surface area contributed by atoms with Gasteiger partial charge in [-0.15, -0.1) is 11.6 Å². The Balaban J connectivity index is 3.02. The highest BCUT2D eigenvalue weighted by Crippen LogP contribution is 2.01. The fourth-order valence-electron chi connectivity index (χ4n) is 0.865. The zero-order chi connectivity index (χ0) is 9.94. The van der Waals surface area contributed by atoms with E-state index < -0.39 is 6.16 Å². The van der Waals surface area contributed by atoms with Gasteiger partial charge in [-0.25, -0.2) is 4.79 Å². The van der Waals surface area contributed by atoms with E-state index in [4.69, 9.17) is 16.3 Å². The molecule has 0 radical (unpaired) electrons. The third-order valence-electron chi connectivity index (χ3n) is 1.51. The van der Waals surface area contributed by atoms with Crippen LogP contribution in [0.15, 0.2) is 0 Å². The van der Waals surface area contributed by atoms with Gasteiger partial charge in [-0.3, -0.25) is 0 Å². The van der Waals surface area contributed by atoms with Crippen LogP contribution >= 0.6 is 11.6 Å². The van der Waals surface area contributed by atoms with Gasteiger partial charge >= 0.3 is 6.16 Å². The summed E-state index contributed by atoms with van der Waals surface area (Å²) in [5.74, 6) is 0.707. The number of carbonyl (C=O) groups is 1. The van der Waals surface area contributed by atoms with Gasteiger partial charge < -0.3 is 9.47 Å². The highest BCUT2D eigenvalue weighted by molar-refractivity contribution is 6.17. The van der Waals surface area contributed by atoms with Crippen LogP contribution in [0.25, 0.3) is 0 Å². The van der Waals surface area contributed by atoms with Crippen molar-refractivity contribution in [3.8, 4) is 0 Å². The highest BCUT2D eigenvalue weighted by atomic mass is 35.5. The molecule has 13 heavy (non-hydrogen) atoms. The predicted molar refractivity (Wildman–Crippen MR) is 52.2 cm³/mol. The zero-order valence-corrected chi connectivity index (χ0v) is 8.81. The molecule has 0 atom stereocenters.